The van der Waals surface area contributed by atoms with Crippen molar-refractivity contribution in [2.45, 2.75) is 45.6 Å². The Kier molecular flexibility index (Phi) is 5.85. The molecule has 1 aromatic carbocycles. The van der Waals surface area contributed by atoms with E-state index in [-0.39, 0.29) is 11.5 Å². The van der Waals surface area contributed by atoms with Crippen LogP contribution in [0.25, 0.3) is 0 Å². The molecule has 3 nitrogen and oxygen atoms in total. The average Bonchev–Trinajstić information content (AvgIpc) is 2.38. The fraction of sp³-hybridized carbons (Fsp3) is 0.562. The molecule has 0 saturated carbocycles. The second-order valence-corrected chi connectivity index (χ2v) is 5.72. The van der Waals surface area contributed by atoms with Gasteiger partial charge in [0.15, 0.2) is 0 Å². The maximum Gasteiger partial charge on any atom is 0.130 e. The van der Waals surface area contributed by atoms with E-state index in [0.717, 1.165) is 18.7 Å². The Hall–Kier alpha value is -1.53. The van der Waals surface area contributed by atoms with E-state index in [1.165, 1.54) is 5.56 Å². The largest absolute Gasteiger partial charge is 0.491 e. The van der Waals surface area contributed by atoms with E-state index in [2.05, 4.69) is 51.2 Å². The van der Waals surface area contributed by atoms with E-state index < -0.39 is 0 Å². The van der Waals surface area contributed by atoms with E-state index in [0.29, 0.717) is 6.61 Å². The zero-order valence-corrected chi connectivity index (χ0v) is 12.4. The first-order valence-electron chi connectivity index (χ1n) is 6.83. The van der Waals surface area contributed by atoms with E-state index >= 15 is 0 Å². The molecule has 0 spiro atoms. The van der Waals surface area contributed by atoms with Gasteiger partial charge in [0.2, 0.25) is 0 Å². The van der Waals surface area contributed by atoms with E-state index in [1.807, 2.05) is 12.1 Å². The fourth-order valence-electron chi connectivity index (χ4n) is 1.69. The highest BCUT2D eigenvalue weighted by Gasteiger charge is 2.13. The van der Waals surface area contributed by atoms with Crippen LogP contribution in [0.3, 0.4) is 0 Å². The Morgan fingerprint density at radius 1 is 1.26 bits per heavy atom. The first-order valence-corrected chi connectivity index (χ1v) is 6.83. The third kappa shape index (κ3) is 5.32. The molecule has 3 heteroatoms. The van der Waals surface area contributed by atoms with Gasteiger partial charge in [0.1, 0.15) is 18.4 Å². The summed E-state index contributed by atoms with van der Waals surface area (Å²) in [7, 11) is 0. The van der Waals surface area contributed by atoms with Crippen molar-refractivity contribution in [1.82, 2.24) is 5.32 Å². The van der Waals surface area contributed by atoms with Crippen LogP contribution in [0.5, 0.6) is 5.75 Å². The number of nitriles is 1. The molecule has 1 unspecified atom stereocenters. The lowest BCUT2D eigenvalue weighted by Crippen LogP contribution is -2.33. The molecule has 0 aliphatic heterocycles. The first kappa shape index (κ1) is 15.5. The molecule has 0 aliphatic rings. The van der Waals surface area contributed by atoms with Crippen LogP contribution < -0.4 is 10.1 Å². The number of rotatable bonds is 6. The number of nitrogens with one attached hydrogen (secondary N) is 1. The van der Waals surface area contributed by atoms with Gasteiger partial charge in [0.25, 0.3) is 0 Å². The van der Waals surface area contributed by atoms with Crippen LogP contribution in [0.4, 0.5) is 0 Å². The molecule has 0 saturated heterocycles. The lowest BCUT2D eigenvalue weighted by molar-refractivity contribution is 0.289. The lowest BCUT2D eigenvalue weighted by atomic mass is 9.87. The third-order valence-corrected chi connectivity index (χ3v) is 2.93. The summed E-state index contributed by atoms with van der Waals surface area (Å²) in [5, 5.41) is 12.1. The molecule has 0 aliphatic carbocycles. The maximum absolute atomic E-state index is 8.99. The van der Waals surface area contributed by atoms with Gasteiger partial charge >= 0.3 is 0 Å². The highest BCUT2D eigenvalue weighted by molar-refractivity contribution is 5.31. The molecule has 0 heterocycles. The minimum Gasteiger partial charge on any atom is -0.491 e. The fourth-order valence-corrected chi connectivity index (χ4v) is 1.69. The van der Waals surface area contributed by atoms with Crippen molar-refractivity contribution in [2.75, 3.05) is 13.2 Å². The van der Waals surface area contributed by atoms with Crippen LogP contribution in [0, 0.1) is 11.3 Å². The second-order valence-electron chi connectivity index (χ2n) is 5.72. The predicted molar refractivity (Wildman–Crippen MR) is 78.3 cm³/mol. The molecule has 1 aromatic rings. The zero-order valence-electron chi connectivity index (χ0n) is 12.4. The molecule has 0 amide bonds. The monoisotopic (exact) mass is 260 g/mol. The Bertz CT molecular complexity index is 412. The number of hydrogen-bond donors (Lipinski definition) is 1. The van der Waals surface area contributed by atoms with Crippen molar-refractivity contribution in [3.63, 3.8) is 0 Å². The van der Waals surface area contributed by atoms with Gasteiger partial charge in [-0.05, 0) is 36.1 Å². The molecule has 104 valence electrons. The van der Waals surface area contributed by atoms with Gasteiger partial charge < -0.3 is 4.74 Å². The standard InChI is InChI=1S/C16H24N2O/c1-5-10-18-14(11-17)12-19-15-8-6-13(7-9-15)16(2,3)4/h6-9,14,18H,5,10,12H2,1-4H3. The number of ether oxygens (including phenoxy) is 1. The molecule has 1 N–H and O–H groups in total. The lowest BCUT2D eigenvalue weighted by Gasteiger charge is -2.19. The SMILES string of the molecule is CCCNC(C#N)COc1ccc(C(C)(C)C)cc1. The highest BCUT2D eigenvalue weighted by atomic mass is 16.5. The number of benzene rings is 1. The minimum atomic E-state index is -0.248. The van der Waals surface area contributed by atoms with Gasteiger partial charge in [0.05, 0.1) is 6.07 Å². The molecular formula is C16H24N2O. The van der Waals surface area contributed by atoms with Crippen molar-refractivity contribution < 1.29 is 4.74 Å². The number of nitrogens with zero attached hydrogens (tertiary/aromatic N) is 1. The van der Waals surface area contributed by atoms with Crippen LogP contribution in [0.15, 0.2) is 24.3 Å². The topological polar surface area (TPSA) is 45.0 Å². The Morgan fingerprint density at radius 3 is 2.37 bits per heavy atom. The Labute approximate surface area is 116 Å². The summed E-state index contributed by atoms with van der Waals surface area (Å²) >= 11 is 0. The second kappa shape index (κ2) is 7.16. The maximum atomic E-state index is 8.99. The predicted octanol–water partition coefficient (Wildman–Crippen LogP) is 3.25. The summed E-state index contributed by atoms with van der Waals surface area (Å²) in [6.07, 6.45) is 1.01. The Morgan fingerprint density at radius 2 is 1.89 bits per heavy atom. The molecule has 19 heavy (non-hydrogen) atoms. The summed E-state index contributed by atoms with van der Waals surface area (Å²) in [6, 6.07) is 10.1. The average molecular weight is 260 g/mol. The van der Waals surface area contributed by atoms with E-state index in [9.17, 15) is 0 Å². The molecule has 0 aromatic heterocycles. The summed E-state index contributed by atoms with van der Waals surface area (Å²) in [4.78, 5) is 0. The van der Waals surface area contributed by atoms with Crippen molar-refractivity contribution >= 4 is 0 Å². The summed E-state index contributed by atoms with van der Waals surface area (Å²) in [5.41, 5.74) is 1.43. The van der Waals surface area contributed by atoms with Crippen molar-refractivity contribution in [3.05, 3.63) is 29.8 Å². The molecule has 0 radical (unpaired) electrons. The van der Waals surface area contributed by atoms with Gasteiger partial charge in [-0.3, -0.25) is 5.32 Å². The van der Waals surface area contributed by atoms with E-state index in [4.69, 9.17) is 10.00 Å². The van der Waals surface area contributed by atoms with Gasteiger partial charge in [-0.15, -0.1) is 0 Å². The molecule has 1 atom stereocenters. The first-order chi connectivity index (χ1) is 8.97. The zero-order chi connectivity index (χ0) is 14.3. The van der Waals surface area contributed by atoms with Crippen LogP contribution in [0.1, 0.15) is 39.7 Å². The smallest absolute Gasteiger partial charge is 0.130 e. The van der Waals surface area contributed by atoms with Crippen LogP contribution in [-0.2, 0) is 5.41 Å². The van der Waals surface area contributed by atoms with Crippen molar-refractivity contribution in [1.29, 1.82) is 5.26 Å². The van der Waals surface area contributed by atoms with Crippen molar-refractivity contribution in [3.8, 4) is 11.8 Å². The molecule has 0 bridgehead atoms. The molecule has 0 fully saturated rings. The van der Waals surface area contributed by atoms with Gasteiger partial charge in [0, 0.05) is 0 Å². The van der Waals surface area contributed by atoms with Gasteiger partial charge in [-0.1, -0.05) is 39.8 Å². The normalized spacial score (nSPS) is 12.8. The number of hydrogen-bond acceptors (Lipinski definition) is 3. The summed E-state index contributed by atoms with van der Waals surface area (Å²) in [6.45, 7) is 9.85. The van der Waals surface area contributed by atoms with Crippen LogP contribution in [-0.4, -0.2) is 19.2 Å². The summed E-state index contributed by atoms with van der Waals surface area (Å²) < 4.78 is 5.64. The summed E-state index contributed by atoms with van der Waals surface area (Å²) in [5.74, 6) is 0.812. The van der Waals surface area contributed by atoms with Crippen molar-refractivity contribution in [2.24, 2.45) is 0 Å². The highest BCUT2D eigenvalue weighted by Crippen LogP contribution is 2.24. The van der Waals surface area contributed by atoms with Crippen LogP contribution >= 0.6 is 0 Å². The quantitative estimate of drug-likeness (QED) is 0.854. The van der Waals surface area contributed by atoms with Gasteiger partial charge in [-0.2, -0.15) is 5.26 Å². The van der Waals surface area contributed by atoms with Gasteiger partial charge in [-0.25, -0.2) is 0 Å². The third-order valence-electron chi connectivity index (χ3n) is 2.93. The molecule has 1 rings (SSSR count). The molecular weight excluding hydrogens is 236 g/mol. The van der Waals surface area contributed by atoms with E-state index in [1.54, 1.807) is 0 Å². The Balaban J connectivity index is 2.52. The van der Waals surface area contributed by atoms with Crippen LogP contribution in [0.2, 0.25) is 0 Å². The minimum absolute atomic E-state index is 0.149.